The first-order chi connectivity index (χ1) is 12.3. The lowest BCUT2D eigenvalue weighted by atomic mass is 9.95. The van der Waals surface area contributed by atoms with Gasteiger partial charge in [-0.25, -0.2) is 0 Å². The van der Waals surface area contributed by atoms with Crippen LogP contribution in [0.2, 0.25) is 0 Å². The minimum atomic E-state index is -0.194. The molecule has 0 radical (unpaired) electrons. The summed E-state index contributed by atoms with van der Waals surface area (Å²) in [7, 11) is 0. The maximum Gasteiger partial charge on any atom is 0.251 e. The molecule has 2 aliphatic heterocycles. The van der Waals surface area contributed by atoms with Crippen molar-refractivity contribution in [3.63, 3.8) is 0 Å². The molecule has 1 saturated carbocycles. The summed E-state index contributed by atoms with van der Waals surface area (Å²) in [4.78, 5) is 16.8. The molecule has 3 fully saturated rings. The molecule has 138 valence electrons. The van der Waals surface area contributed by atoms with Gasteiger partial charge in [0.1, 0.15) is 18.3 Å². The Morgan fingerprint density at radius 2 is 1.88 bits per heavy atom. The van der Waals surface area contributed by atoms with Gasteiger partial charge in [0, 0.05) is 38.8 Å². The molecule has 1 aliphatic carbocycles. The molecule has 0 aromatic carbocycles. The van der Waals surface area contributed by atoms with Crippen LogP contribution in [0.5, 0.6) is 0 Å². The Morgan fingerprint density at radius 1 is 1.08 bits per heavy atom. The Labute approximate surface area is 149 Å². The second-order valence-corrected chi connectivity index (χ2v) is 7.55. The Balaban J connectivity index is 1.30. The Kier molecular flexibility index (Phi) is 5.31. The number of hydrogen-bond acceptors (Lipinski definition) is 5. The van der Waals surface area contributed by atoms with Crippen LogP contribution in [0.4, 0.5) is 0 Å². The van der Waals surface area contributed by atoms with E-state index in [4.69, 9.17) is 4.74 Å². The third kappa shape index (κ3) is 3.87. The van der Waals surface area contributed by atoms with E-state index in [1.54, 1.807) is 0 Å². The highest BCUT2D eigenvalue weighted by molar-refractivity contribution is 5.81. The number of piperazine rings is 1. The van der Waals surface area contributed by atoms with E-state index >= 15 is 0 Å². The van der Waals surface area contributed by atoms with Crippen molar-refractivity contribution in [1.82, 2.24) is 24.6 Å². The van der Waals surface area contributed by atoms with Crippen molar-refractivity contribution in [1.29, 1.82) is 0 Å². The number of carbonyl (C=O) groups is 1. The van der Waals surface area contributed by atoms with Crippen molar-refractivity contribution in [2.75, 3.05) is 32.8 Å². The van der Waals surface area contributed by atoms with Crippen molar-refractivity contribution < 1.29 is 9.53 Å². The maximum absolute atomic E-state index is 12.4. The van der Waals surface area contributed by atoms with Crippen LogP contribution in [0.25, 0.3) is 0 Å². The highest BCUT2D eigenvalue weighted by Gasteiger charge is 2.30. The summed E-state index contributed by atoms with van der Waals surface area (Å²) >= 11 is 0. The lowest BCUT2D eigenvalue weighted by Gasteiger charge is -2.35. The third-order valence-corrected chi connectivity index (χ3v) is 5.87. The van der Waals surface area contributed by atoms with Crippen LogP contribution in [0.15, 0.2) is 6.33 Å². The molecule has 7 heteroatoms. The highest BCUT2D eigenvalue weighted by atomic mass is 16.5. The average molecular weight is 347 g/mol. The third-order valence-electron chi connectivity index (χ3n) is 5.87. The molecule has 7 nitrogen and oxygen atoms in total. The van der Waals surface area contributed by atoms with Crippen LogP contribution in [0.3, 0.4) is 0 Å². The summed E-state index contributed by atoms with van der Waals surface area (Å²) in [5.74, 6) is 1.26. The molecule has 1 amide bonds. The Bertz CT molecular complexity index is 570. The predicted molar refractivity (Wildman–Crippen MR) is 93.0 cm³/mol. The summed E-state index contributed by atoms with van der Waals surface area (Å²) in [6.07, 6.45) is 10.1. The van der Waals surface area contributed by atoms with E-state index < -0.39 is 0 Å². The number of aromatic nitrogens is 3. The summed E-state index contributed by atoms with van der Waals surface area (Å²) < 4.78 is 7.83. The molecule has 25 heavy (non-hydrogen) atoms. The molecular formula is C18H29N5O2. The Hall–Kier alpha value is -1.47. The Morgan fingerprint density at radius 3 is 2.60 bits per heavy atom. The summed E-state index contributed by atoms with van der Waals surface area (Å²) in [5.41, 5.74) is 0. The van der Waals surface area contributed by atoms with Crippen LogP contribution < -0.4 is 0 Å². The van der Waals surface area contributed by atoms with Crippen LogP contribution in [0, 0.1) is 0 Å². The van der Waals surface area contributed by atoms with Gasteiger partial charge < -0.3 is 14.2 Å². The number of amides is 1. The molecule has 2 saturated heterocycles. The quantitative estimate of drug-likeness (QED) is 0.828. The fraction of sp³-hybridized carbons (Fsp3) is 0.833. The summed E-state index contributed by atoms with van der Waals surface area (Å²) in [6, 6.07) is 0.570. The van der Waals surface area contributed by atoms with Crippen molar-refractivity contribution in [2.24, 2.45) is 0 Å². The molecule has 1 aromatic rings. The zero-order valence-corrected chi connectivity index (χ0v) is 15.0. The predicted octanol–water partition coefficient (Wildman–Crippen LogP) is 1.61. The van der Waals surface area contributed by atoms with Crippen molar-refractivity contribution >= 4 is 5.91 Å². The molecule has 0 unspecified atom stereocenters. The number of nitrogens with zero attached hydrogens (tertiary/aromatic N) is 5. The molecule has 0 spiro atoms. The second-order valence-electron chi connectivity index (χ2n) is 7.55. The lowest BCUT2D eigenvalue weighted by Crippen LogP contribution is -2.51. The van der Waals surface area contributed by atoms with E-state index in [-0.39, 0.29) is 12.0 Å². The monoisotopic (exact) mass is 347 g/mol. The van der Waals surface area contributed by atoms with Gasteiger partial charge in [-0.15, -0.1) is 10.2 Å². The summed E-state index contributed by atoms with van der Waals surface area (Å²) in [5, 5.41) is 8.54. The maximum atomic E-state index is 12.4. The lowest BCUT2D eigenvalue weighted by molar-refractivity contribution is -0.142. The van der Waals surface area contributed by atoms with Crippen LogP contribution >= 0.6 is 0 Å². The normalized spacial score (nSPS) is 26.2. The van der Waals surface area contributed by atoms with Gasteiger partial charge in [-0.2, -0.15) is 0 Å². The molecule has 0 bridgehead atoms. The molecule has 0 N–H and O–H groups in total. The zero-order valence-electron chi connectivity index (χ0n) is 15.0. The summed E-state index contributed by atoms with van der Waals surface area (Å²) in [6.45, 7) is 4.93. The van der Waals surface area contributed by atoms with Gasteiger partial charge in [-0.05, 0) is 25.7 Å². The second kappa shape index (κ2) is 7.83. The fourth-order valence-corrected chi connectivity index (χ4v) is 4.35. The first-order valence-electron chi connectivity index (χ1n) is 9.82. The smallest absolute Gasteiger partial charge is 0.251 e. The van der Waals surface area contributed by atoms with Gasteiger partial charge in [0.25, 0.3) is 5.91 Å². The first-order valence-corrected chi connectivity index (χ1v) is 9.82. The van der Waals surface area contributed by atoms with Gasteiger partial charge in [0.2, 0.25) is 0 Å². The average Bonchev–Trinajstić information content (AvgIpc) is 3.35. The number of hydrogen-bond donors (Lipinski definition) is 0. The minimum absolute atomic E-state index is 0.183. The van der Waals surface area contributed by atoms with Gasteiger partial charge in [0.05, 0.1) is 6.54 Å². The van der Waals surface area contributed by atoms with E-state index in [0.29, 0.717) is 6.04 Å². The van der Waals surface area contributed by atoms with E-state index in [2.05, 4.69) is 19.7 Å². The topological polar surface area (TPSA) is 63.5 Å². The van der Waals surface area contributed by atoms with E-state index in [1.807, 2.05) is 11.2 Å². The van der Waals surface area contributed by atoms with Crippen molar-refractivity contribution in [3.8, 4) is 0 Å². The van der Waals surface area contributed by atoms with Crippen LogP contribution in [0.1, 0.15) is 56.8 Å². The van der Waals surface area contributed by atoms with Crippen LogP contribution in [-0.4, -0.2) is 69.4 Å². The van der Waals surface area contributed by atoms with Crippen molar-refractivity contribution in [3.05, 3.63) is 12.2 Å². The SMILES string of the molecule is O=C([C@@H]1CCCO1)N1CCN(Cc2nncn2C2CCCCC2)CC1. The van der Waals surface area contributed by atoms with Gasteiger partial charge in [-0.3, -0.25) is 9.69 Å². The molecular weight excluding hydrogens is 318 g/mol. The largest absolute Gasteiger partial charge is 0.368 e. The number of rotatable bonds is 4. The molecule has 4 rings (SSSR count). The van der Waals surface area contributed by atoms with Crippen molar-refractivity contribution in [2.45, 2.75) is 63.6 Å². The van der Waals surface area contributed by atoms with E-state index in [1.165, 1.54) is 32.1 Å². The molecule has 1 aromatic heterocycles. The van der Waals surface area contributed by atoms with E-state index in [0.717, 1.165) is 58.0 Å². The molecule has 3 aliphatic rings. The zero-order chi connectivity index (χ0) is 17.1. The standard InChI is InChI=1S/C18H29N5O2/c24-18(16-7-4-12-25-16)22-10-8-21(9-11-22)13-17-20-19-14-23(17)15-5-2-1-3-6-15/h14-16H,1-13H2/t16-/m0/s1. The molecule has 1 atom stereocenters. The van der Waals surface area contributed by atoms with Gasteiger partial charge >= 0.3 is 0 Å². The van der Waals surface area contributed by atoms with Crippen LogP contribution in [-0.2, 0) is 16.1 Å². The van der Waals surface area contributed by atoms with Gasteiger partial charge in [0.15, 0.2) is 0 Å². The van der Waals surface area contributed by atoms with Gasteiger partial charge in [-0.1, -0.05) is 19.3 Å². The number of carbonyl (C=O) groups excluding carboxylic acids is 1. The first kappa shape index (κ1) is 17.0. The fourth-order valence-electron chi connectivity index (χ4n) is 4.35. The highest BCUT2D eigenvalue weighted by Crippen LogP contribution is 2.28. The van der Waals surface area contributed by atoms with E-state index in [9.17, 15) is 4.79 Å². The number of ether oxygens (including phenoxy) is 1. The molecule has 3 heterocycles. The minimum Gasteiger partial charge on any atom is -0.368 e.